The van der Waals surface area contributed by atoms with Crippen LogP contribution in [0.4, 0.5) is 0 Å². The van der Waals surface area contributed by atoms with E-state index >= 15 is 0 Å². The summed E-state index contributed by atoms with van der Waals surface area (Å²) in [6.07, 6.45) is 1.85. The van der Waals surface area contributed by atoms with Crippen LogP contribution in [0.1, 0.15) is 33.1 Å². The number of amides is 1. The normalized spacial score (nSPS) is 11.0. The molecule has 23 heavy (non-hydrogen) atoms. The van der Waals surface area contributed by atoms with E-state index in [9.17, 15) is 4.79 Å². The number of aliphatic imine (C=N–C) groups is 1. The lowest BCUT2D eigenvalue weighted by Crippen LogP contribution is -2.36. The Morgan fingerprint density at radius 2 is 2.22 bits per heavy atom. The number of hydrogen-bond donors (Lipinski definition) is 3. The number of nitrogens with two attached hydrogens (primary N) is 1. The number of rotatable bonds is 6. The topological polar surface area (TPSA) is 106 Å². The van der Waals surface area contributed by atoms with Gasteiger partial charge in [0.05, 0.1) is 6.54 Å². The minimum absolute atomic E-state index is 0. The Morgan fingerprint density at radius 3 is 2.78 bits per heavy atom. The van der Waals surface area contributed by atoms with E-state index in [1.54, 1.807) is 23.5 Å². The highest BCUT2D eigenvalue weighted by atomic mass is 127. The second kappa shape index (κ2) is 9.50. The lowest BCUT2D eigenvalue weighted by molar-refractivity contribution is 0.0972. The van der Waals surface area contributed by atoms with Gasteiger partial charge in [-0.25, -0.2) is 9.98 Å². The van der Waals surface area contributed by atoms with Crippen molar-refractivity contribution in [2.75, 3.05) is 6.54 Å². The fourth-order valence-electron chi connectivity index (χ4n) is 1.74. The molecule has 2 aromatic rings. The molecule has 0 spiro atoms. The summed E-state index contributed by atoms with van der Waals surface area (Å²) in [4.78, 5) is 20.8. The highest BCUT2D eigenvalue weighted by Gasteiger charge is 2.07. The van der Waals surface area contributed by atoms with E-state index in [0.29, 0.717) is 24.8 Å². The number of carbonyl (C=O) groups excluding carboxylic acids is 1. The average Bonchev–Trinajstić information content (AvgIpc) is 3.11. The van der Waals surface area contributed by atoms with Gasteiger partial charge in [0.15, 0.2) is 11.7 Å². The second-order valence-corrected chi connectivity index (χ2v) is 5.86. The number of primary amides is 1. The first-order valence-electron chi connectivity index (χ1n) is 6.90. The Kier molecular flexibility index (Phi) is 8.03. The second-order valence-electron chi connectivity index (χ2n) is 4.54. The van der Waals surface area contributed by atoms with Crippen molar-refractivity contribution >= 4 is 47.2 Å². The molecule has 0 aliphatic carbocycles. The van der Waals surface area contributed by atoms with Crippen LogP contribution in [0.5, 0.6) is 0 Å². The smallest absolute Gasteiger partial charge is 0.284 e. The van der Waals surface area contributed by atoms with E-state index in [4.69, 9.17) is 10.2 Å². The molecule has 0 aliphatic heterocycles. The Bertz CT molecular complexity index is 668. The Hall–Kier alpha value is -1.62. The Balaban J connectivity index is 0.00000264. The fraction of sp³-hybridized carbons (Fsp3) is 0.357. The predicted molar refractivity (Wildman–Crippen MR) is 101 cm³/mol. The standard InChI is InChI=1S/C14H19N5O2S.HI/c1-3-16-14(19-8-12-17-6-9(2)22-12)18-7-10-4-5-11(21-10)13(15)20;/h4-6H,3,7-8H2,1-2H3,(H2,15,20)(H2,16,18,19);1H. The number of halogens is 1. The number of carbonyl (C=O) groups is 1. The average molecular weight is 449 g/mol. The Labute approximate surface area is 155 Å². The summed E-state index contributed by atoms with van der Waals surface area (Å²) in [6.45, 7) is 5.68. The summed E-state index contributed by atoms with van der Waals surface area (Å²) >= 11 is 1.64. The SMILES string of the molecule is CCNC(=NCc1ccc(C(N)=O)o1)NCc1ncc(C)s1.I. The minimum Gasteiger partial charge on any atom is -0.454 e. The van der Waals surface area contributed by atoms with Crippen molar-refractivity contribution in [1.82, 2.24) is 15.6 Å². The van der Waals surface area contributed by atoms with Crippen LogP contribution in [0.2, 0.25) is 0 Å². The van der Waals surface area contributed by atoms with Crippen LogP contribution in [0.25, 0.3) is 0 Å². The van der Waals surface area contributed by atoms with Gasteiger partial charge in [0.25, 0.3) is 5.91 Å². The number of furan rings is 1. The third-order valence-corrected chi connectivity index (χ3v) is 3.63. The lowest BCUT2D eigenvalue weighted by Gasteiger charge is -2.09. The number of thiazole rings is 1. The molecule has 2 aromatic heterocycles. The number of guanidine groups is 1. The molecule has 1 amide bonds. The molecule has 2 rings (SSSR count). The van der Waals surface area contributed by atoms with Gasteiger partial charge >= 0.3 is 0 Å². The molecule has 4 N–H and O–H groups in total. The summed E-state index contributed by atoms with van der Waals surface area (Å²) in [5.74, 6) is 0.796. The maximum absolute atomic E-state index is 11.0. The summed E-state index contributed by atoms with van der Waals surface area (Å²) < 4.78 is 5.29. The van der Waals surface area contributed by atoms with Crippen LogP contribution in [-0.4, -0.2) is 23.4 Å². The zero-order chi connectivity index (χ0) is 15.9. The van der Waals surface area contributed by atoms with Gasteiger partial charge < -0.3 is 20.8 Å². The van der Waals surface area contributed by atoms with Gasteiger partial charge in [-0.3, -0.25) is 4.79 Å². The van der Waals surface area contributed by atoms with Gasteiger partial charge in [-0.05, 0) is 26.0 Å². The van der Waals surface area contributed by atoms with Crippen molar-refractivity contribution in [1.29, 1.82) is 0 Å². The highest BCUT2D eigenvalue weighted by molar-refractivity contribution is 14.0. The number of hydrogen-bond acceptors (Lipinski definition) is 5. The van der Waals surface area contributed by atoms with Crippen LogP contribution in [-0.2, 0) is 13.1 Å². The highest BCUT2D eigenvalue weighted by Crippen LogP contribution is 2.11. The molecule has 0 bridgehead atoms. The molecule has 126 valence electrons. The summed E-state index contributed by atoms with van der Waals surface area (Å²) in [5, 5.41) is 7.34. The number of aryl methyl sites for hydroxylation is 1. The maximum atomic E-state index is 11.0. The first-order valence-corrected chi connectivity index (χ1v) is 7.72. The van der Waals surface area contributed by atoms with Gasteiger partial charge in [0.1, 0.15) is 17.3 Å². The molecule has 0 fully saturated rings. The molecular weight excluding hydrogens is 429 g/mol. The van der Waals surface area contributed by atoms with Crippen molar-refractivity contribution in [3.63, 3.8) is 0 Å². The first kappa shape index (κ1) is 19.4. The van der Waals surface area contributed by atoms with Gasteiger partial charge in [0.2, 0.25) is 0 Å². The molecule has 0 aromatic carbocycles. The molecule has 0 radical (unpaired) electrons. The molecule has 0 saturated carbocycles. The van der Waals surface area contributed by atoms with Crippen molar-refractivity contribution in [3.05, 3.63) is 39.7 Å². The zero-order valence-corrected chi connectivity index (χ0v) is 16.1. The van der Waals surface area contributed by atoms with Crippen LogP contribution in [0, 0.1) is 6.92 Å². The van der Waals surface area contributed by atoms with Crippen LogP contribution in [0.3, 0.4) is 0 Å². The molecule has 0 atom stereocenters. The van der Waals surface area contributed by atoms with E-state index in [1.807, 2.05) is 20.0 Å². The molecule has 0 aliphatic rings. The molecule has 0 saturated heterocycles. The Morgan fingerprint density at radius 1 is 1.43 bits per heavy atom. The summed E-state index contributed by atoms with van der Waals surface area (Å²) in [6, 6.07) is 3.24. The van der Waals surface area contributed by atoms with E-state index in [1.165, 1.54) is 4.88 Å². The largest absolute Gasteiger partial charge is 0.454 e. The van der Waals surface area contributed by atoms with Crippen LogP contribution in [0.15, 0.2) is 27.7 Å². The minimum atomic E-state index is -0.584. The van der Waals surface area contributed by atoms with E-state index in [0.717, 1.165) is 11.6 Å². The fourth-order valence-corrected chi connectivity index (χ4v) is 2.46. The van der Waals surface area contributed by atoms with Gasteiger partial charge in [-0.1, -0.05) is 0 Å². The van der Waals surface area contributed by atoms with E-state index < -0.39 is 5.91 Å². The number of nitrogens with one attached hydrogen (secondary N) is 2. The van der Waals surface area contributed by atoms with Crippen molar-refractivity contribution < 1.29 is 9.21 Å². The molecule has 7 nitrogen and oxygen atoms in total. The van der Waals surface area contributed by atoms with Gasteiger partial charge in [0, 0.05) is 17.6 Å². The quantitative estimate of drug-likeness (QED) is 0.356. The molecule has 9 heteroatoms. The lowest BCUT2D eigenvalue weighted by atomic mass is 10.4. The van der Waals surface area contributed by atoms with Gasteiger partial charge in [-0.15, -0.1) is 35.3 Å². The van der Waals surface area contributed by atoms with Crippen molar-refractivity contribution in [3.8, 4) is 0 Å². The molecular formula is C14H20IN5O2S. The maximum Gasteiger partial charge on any atom is 0.284 e. The van der Waals surface area contributed by atoms with E-state index in [-0.39, 0.29) is 29.7 Å². The number of aromatic nitrogens is 1. The summed E-state index contributed by atoms with van der Waals surface area (Å²) in [5.41, 5.74) is 5.15. The monoisotopic (exact) mass is 449 g/mol. The van der Waals surface area contributed by atoms with Crippen LogP contribution >= 0.6 is 35.3 Å². The third kappa shape index (κ3) is 6.18. The van der Waals surface area contributed by atoms with Gasteiger partial charge in [-0.2, -0.15) is 0 Å². The zero-order valence-electron chi connectivity index (χ0n) is 13.0. The van der Waals surface area contributed by atoms with Crippen molar-refractivity contribution in [2.24, 2.45) is 10.7 Å². The van der Waals surface area contributed by atoms with Crippen molar-refractivity contribution in [2.45, 2.75) is 26.9 Å². The molecule has 0 unspecified atom stereocenters. The predicted octanol–water partition coefficient (Wildman–Crippen LogP) is 2.02. The number of nitrogens with zero attached hydrogens (tertiary/aromatic N) is 2. The van der Waals surface area contributed by atoms with Crippen LogP contribution < -0.4 is 16.4 Å². The molecule has 2 heterocycles. The summed E-state index contributed by atoms with van der Waals surface area (Å²) in [7, 11) is 0. The van der Waals surface area contributed by atoms with E-state index in [2.05, 4.69) is 20.6 Å². The first-order chi connectivity index (χ1) is 10.6. The third-order valence-electron chi connectivity index (χ3n) is 2.72.